The van der Waals surface area contributed by atoms with Gasteiger partial charge in [-0.05, 0) is 24.6 Å². The fraction of sp³-hybridized carbons (Fsp3) is 0.250. The molecule has 1 aromatic heterocycles. The molecule has 1 heterocycles. The third-order valence-corrected chi connectivity index (χ3v) is 2.84. The van der Waals surface area contributed by atoms with Gasteiger partial charge in [-0.25, -0.2) is 4.39 Å². The van der Waals surface area contributed by atoms with Crippen LogP contribution in [0.3, 0.4) is 0 Å². The highest BCUT2D eigenvalue weighted by Crippen LogP contribution is 2.22. The van der Waals surface area contributed by atoms with E-state index in [-0.39, 0.29) is 11.1 Å². The first-order chi connectivity index (χ1) is 8.06. The van der Waals surface area contributed by atoms with Gasteiger partial charge >= 0.3 is 0 Å². The van der Waals surface area contributed by atoms with E-state index < -0.39 is 5.82 Å². The Morgan fingerprint density at radius 1 is 1.47 bits per heavy atom. The van der Waals surface area contributed by atoms with Crippen LogP contribution in [-0.2, 0) is 7.05 Å². The zero-order chi connectivity index (χ0) is 12.4. The number of benzene rings is 1. The van der Waals surface area contributed by atoms with Crippen molar-refractivity contribution < 1.29 is 4.39 Å². The molecular formula is C12H13ClFN3. The second kappa shape index (κ2) is 4.75. The highest BCUT2D eigenvalue weighted by Gasteiger charge is 2.09. The lowest BCUT2D eigenvalue weighted by Crippen LogP contribution is -2.06. The maximum absolute atomic E-state index is 13.3. The van der Waals surface area contributed by atoms with Crippen LogP contribution in [0.5, 0.6) is 0 Å². The molecule has 1 atom stereocenters. The van der Waals surface area contributed by atoms with E-state index in [0.29, 0.717) is 0 Å². The van der Waals surface area contributed by atoms with Gasteiger partial charge in [0, 0.05) is 19.3 Å². The maximum atomic E-state index is 13.3. The van der Waals surface area contributed by atoms with Gasteiger partial charge in [0.25, 0.3) is 0 Å². The lowest BCUT2D eigenvalue weighted by molar-refractivity contribution is 0.624. The molecule has 3 nitrogen and oxygen atoms in total. The third-order valence-electron chi connectivity index (χ3n) is 2.53. The van der Waals surface area contributed by atoms with E-state index in [0.717, 1.165) is 11.3 Å². The minimum Gasteiger partial charge on any atom is -0.376 e. The molecule has 17 heavy (non-hydrogen) atoms. The number of halogens is 2. The highest BCUT2D eigenvalue weighted by molar-refractivity contribution is 6.30. The number of hydrogen-bond acceptors (Lipinski definition) is 2. The molecule has 0 radical (unpaired) electrons. The van der Waals surface area contributed by atoms with Gasteiger partial charge < -0.3 is 5.32 Å². The van der Waals surface area contributed by atoms with Crippen LogP contribution < -0.4 is 5.32 Å². The molecular weight excluding hydrogens is 241 g/mol. The number of aromatic nitrogens is 2. The monoisotopic (exact) mass is 253 g/mol. The van der Waals surface area contributed by atoms with Crippen LogP contribution in [-0.4, -0.2) is 9.78 Å². The maximum Gasteiger partial charge on any atom is 0.142 e. The van der Waals surface area contributed by atoms with E-state index in [9.17, 15) is 4.39 Å². The molecule has 1 aromatic carbocycles. The summed E-state index contributed by atoms with van der Waals surface area (Å²) in [5.41, 5.74) is 1.74. The molecule has 0 bridgehead atoms. The minimum atomic E-state index is -0.399. The molecule has 0 fully saturated rings. The molecule has 0 spiro atoms. The predicted molar refractivity (Wildman–Crippen MR) is 66.7 cm³/mol. The van der Waals surface area contributed by atoms with Crippen molar-refractivity contribution in [1.82, 2.24) is 9.78 Å². The van der Waals surface area contributed by atoms with Crippen molar-refractivity contribution in [3.63, 3.8) is 0 Å². The van der Waals surface area contributed by atoms with Crippen molar-refractivity contribution in [2.24, 2.45) is 7.05 Å². The predicted octanol–water partition coefficient (Wildman–Crippen LogP) is 3.39. The van der Waals surface area contributed by atoms with Crippen LogP contribution in [0.4, 0.5) is 10.1 Å². The number of rotatable bonds is 3. The topological polar surface area (TPSA) is 29.9 Å². The molecule has 90 valence electrons. The average molecular weight is 254 g/mol. The van der Waals surface area contributed by atoms with E-state index >= 15 is 0 Å². The average Bonchev–Trinajstić information content (AvgIpc) is 2.68. The first-order valence-electron chi connectivity index (χ1n) is 5.26. The fourth-order valence-corrected chi connectivity index (χ4v) is 1.73. The summed E-state index contributed by atoms with van der Waals surface area (Å²) in [6.45, 7) is 1.95. The standard InChI is InChI=1S/C12H13ClFN3/c1-8(16-10-6-15-17(2)7-10)9-3-4-11(13)12(14)5-9/h3-8,16H,1-2H3. The largest absolute Gasteiger partial charge is 0.376 e. The molecule has 1 N–H and O–H groups in total. The number of aryl methyl sites for hydroxylation is 1. The van der Waals surface area contributed by atoms with E-state index in [4.69, 9.17) is 11.6 Å². The van der Waals surface area contributed by atoms with Gasteiger partial charge in [0.05, 0.1) is 16.9 Å². The van der Waals surface area contributed by atoms with Crippen LogP contribution in [0.25, 0.3) is 0 Å². The normalized spacial score (nSPS) is 12.5. The molecule has 0 aliphatic carbocycles. The number of nitrogens with one attached hydrogen (secondary N) is 1. The lowest BCUT2D eigenvalue weighted by Gasteiger charge is -2.14. The summed E-state index contributed by atoms with van der Waals surface area (Å²) in [5, 5.41) is 7.43. The zero-order valence-corrected chi connectivity index (χ0v) is 10.4. The molecule has 0 saturated heterocycles. The van der Waals surface area contributed by atoms with Crippen LogP contribution in [0, 0.1) is 5.82 Å². The van der Waals surface area contributed by atoms with Crippen LogP contribution in [0.1, 0.15) is 18.5 Å². The number of nitrogens with zero attached hydrogens (tertiary/aromatic N) is 2. The van der Waals surface area contributed by atoms with Crippen molar-refractivity contribution in [1.29, 1.82) is 0 Å². The van der Waals surface area contributed by atoms with E-state index in [1.807, 2.05) is 20.2 Å². The molecule has 5 heteroatoms. The molecule has 2 rings (SSSR count). The fourth-order valence-electron chi connectivity index (χ4n) is 1.61. The van der Waals surface area contributed by atoms with Gasteiger partial charge in [0.15, 0.2) is 0 Å². The Hall–Kier alpha value is -1.55. The SMILES string of the molecule is CC(Nc1cnn(C)c1)c1ccc(Cl)c(F)c1. The lowest BCUT2D eigenvalue weighted by atomic mass is 10.1. The minimum absolute atomic E-state index is 0.00836. The van der Waals surface area contributed by atoms with Gasteiger partial charge in [0.1, 0.15) is 5.82 Å². The molecule has 1 unspecified atom stereocenters. The molecule has 0 aliphatic rings. The van der Waals surface area contributed by atoms with E-state index in [1.54, 1.807) is 23.0 Å². The summed E-state index contributed by atoms with van der Waals surface area (Å²) in [5.74, 6) is -0.399. The third kappa shape index (κ3) is 2.77. The van der Waals surface area contributed by atoms with Crippen molar-refractivity contribution in [3.05, 3.63) is 47.0 Å². The van der Waals surface area contributed by atoms with Crippen molar-refractivity contribution in [2.75, 3.05) is 5.32 Å². The Balaban J connectivity index is 2.14. The summed E-state index contributed by atoms with van der Waals surface area (Å²) < 4.78 is 15.0. The van der Waals surface area contributed by atoms with Crippen molar-refractivity contribution in [2.45, 2.75) is 13.0 Å². The second-order valence-electron chi connectivity index (χ2n) is 3.94. The second-order valence-corrected chi connectivity index (χ2v) is 4.35. The Bertz CT molecular complexity index is 524. The van der Waals surface area contributed by atoms with Crippen LogP contribution >= 0.6 is 11.6 Å². The van der Waals surface area contributed by atoms with Crippen molar-refractivity contribution in [3.8, 4) is 0 Å². The first-order valence-corrected chi connectivity index (χ1v) is 5.64. The van der Waals surface area contributed by atoms with E-state index in [2.05, 4.69) is 10.4 Å². The van der Waals surface area contributed by atoms with Gasteiger partial charge in [-0.2, -0.15) is 5.10 Å². The zero-order valence-electron chi connectivity index (χ0n) is 9.61. The van der Waals surface area contributed by atoms with Gasteiger partial charge in [-0.3, -0.25) is 4.68 Å². The Kier molecular flexibility index (Phi) is 3.33. The van der Waals surface area contributed by atoms with Crippen LogP contribution in [0.15, 0.2) is 30.6 Å². The summed E-state index contributed by atoms with van der Waals surface area (Å²) in [6.07, 6.45) is 3.59. The Labute approximate surface area is 104 Å². The van der Waals surface area contributed by atoms with Gasteiger partial charge in [0.2, 0.25) is 0 Å². The quantitative estimate of drug-likeness (QED) is 0.909. The summed E-state index contributed by atoms with van der Waals surface area (Å²) in [4.78, 5) is 0. The molecule has 2 aromatic rings. The van der Waals surface area contributed by atoms with Crippen molar-refractivity contribution >= 4 is 17.3 Å². The highest BCUT2D eigenvalue weighted by atomic mass is 35.5. The first kappa shape index (κ1) is 11.9. The van der Waals surface area contributed by atoms with Crippen LogP contribution in [0.2, 0.25) is 5.02 Å². The number of hydrogen-bond donors (Lipinski definition) is 1. The Morgan fingerprint density at radius 3 is 2.82 bits per heavy atom. The van der Waals surface area contributed by atoms with E-state index in [1.165, 1.54) is 6.07 Å². The van der Waals surface area contributed by atoms with Gasteiger partial charge in [-0.15, -0.1) is 0 Å². The summed E-state index contributed by atoms with van der Waals surface area (Å²) >= 11 is 5.64. The smallest absolute Gasteiger partial charge is 0.142 e. The summed E-state index contributed by atoms with van der Waals surface area (Å²) in [6, 6.07) is 4.80. The number of anilines is 1. The molecule has 0 saturated carbocycles. The summed E-state index contributed by atoms with van der Waals surface area (Å²) in [7, 11) is 1.85. The Morgan fingerprint density at radius 2 is 2.24 bits per heavy atom. The molecule has 0 aliphatic heterocycles. The van der Waals surface area contributed by atoms with Gasteiger partial charge in [-0.1, -0.05) is 17.7 Å². The molecule has 0 amide bonds.